The Labute approximate surface area is 103 Å². The van der Waals surface area contributed by atoms with Crippen LogP contribution in [-0.2, 0) is 4.79 Å². The number of nitrogens with zero attached hydrogens (tertiary/aromatic N) is 1. The van der Waals surface area contributed by atoms with Gasteiger partial charge in [-0.2, -0.15) is 0 Å². The van der Waals surface area contributed by atoms with Crippen molar-refractivity contribution in [3.8, 4) is 0 Å². The lowest BCUT2D eigenvalue weighted by Crippen LogP contribution is -2.22. The summed E-state index contributed by atoms with van der Waals surface area (Å²) in [5, 5.41) is 15.1. The van der Waals surface area contributed by atoms with Gasteiger partial charge in [0.1, 0.15) is 4.88 Å². The van der Waals surface area contributed by atoms with Crippen molar-refractivity contribution < 1.29 is 14.7 Å². The molecule has 1 amide bonds. The molecule has 1 aromatic rings. The van der Waals surface area contributed by atoms with Gasteiger partial charge >= 0.3 is 5.97 Å². The molecule has 1 aromatic heterocycles. The van der Waals surface area contributed by atoms with E-state index in [0.717, 1.165) is 17.8 Å². The highest BCUT2D eigenvalue weighted by molar-refractivity contribution is 7.17. The number of nitrogens with one attached hydrogen (secondary N) is 2. The van der Waals surface area contributed by atoms with Crippen LogP contribution in [-0.4, -0.2) is 35.1 Å². The molecule has 0 saturated carbocycles. The zero-order valence-corrected chi connectivity index (χ0v) is 10.6. The number of hydrogen-bond donors (Lipinski definition) is 3. The zero-order valence-electron chi connectivity index (χ0n) is 9.74. The summed E-state index contributed by atoms with van der Waals surface area (Å²) in [6, 6.07) is 0. The monoisotopic (exact) mass is 257 g/mol. The maximum atomic E-state index is 10.8. The normalized spacial score (nSPS) is 10.0. The Hall–Kier alpha value is -1.63. The van der Waals surface area contributed by atoms with E-state index in [4.69, 9.17) is 5.11 Å². The van der Waals surface area contributed by atoms with Gasteiger partial charge in [-0.25, -0.2) is 9.78 Å². The third kappa shape index (κ3) is 4.39. The van der Waals surface area contributed by atoms with Crippen LogP contribution in [0.25, 0.3) is 0 Å². The molecule has 94 valence electrons. The second kappa shape index (κ2) is 6.19. The van der Waals surface area contributed by atoms with E-state index < -0.39 is 5.97 Å². The van der Waals surface area contributed by atoms with Crippen molar-refractivity contribution in [2.45, 2.75) is 20.3 Å². The van der Waals surface area contributed by atoms with Gasteiger partial charge in [-0.15, -0.1) is 0 Å². The Kier molecular flexibility index (Phi) is 4.89. The minimum absolute atomic E-state index is 0.0525. The maximum Gasteiger partial charge on any atom is 0.347 e. The molecule has 0 aromatic carbocycles. The van der Waals surface area contributed by atoms with Crippen LogP contribution in [0.2, 0.25) is 0 Å². The van der Waals surface area contributed by atoms with E-state index >= 15 is 0 Å². The molecule has 3 N–H and O–H groups in total. The van der Waals surface area contributed by atoms with Crippen molar-refractivity contribution in [1.82, 2.24) is 10.3 Å². The second-order valence-corrected chi connectivity index (χ2v) is 4.50. The van der Waals surface area contributed by atoms with E-state index in [-0.39, 0.29) is 10.8 Å². The lowest BCUT2D eigenvalue weighted by Gasteiger charge is -2.02. The van der Waals surface area contributed by atoms with Crippen LogP contribution in [0.4, 0.5) is 5.13 Å². The highest BCUT2D eigenvalue weighted by atomic mass is 32.1. The summed E-state index contributed by atoms with van der Waals surface area (Å²) in [4.78, 5) is 25.7. The van der Waals surface area contributed by atoms with Gasteiger partial charge in [0.2, 0.25) is 5.91 Å². The van der Waals surface area contributed by atoms with Gasteiger partial charge in [0, 0.05) is 20.0 Å². The topological polar surface area (TPSA) is 91.3 Å². The number of thiazole rings is 1. The summed E-state index contributed by atoms with van der Waals surface area (Å²) in [6.07, 6.45) is 0.764. The van der Waals surface area contributed by atoms with Crippen LogP contribution in [0.5, 0.6) is 0 Å². The summed E-state index contributed by atoms with van der Waals surface area (Å²) >= 11 is 1.12. The molecule has 0 aliphatic heterocycles. The fourth-order valence-corrected chi connectivity index (χ4v) is 2.05. The average molecular weight is 257 g/mol. The Bertz CT molecular complexity index is 417. The van der Waals surface area contributed by atoms with Crippen molar-refractivity contribution in [3.05, 3.63) is 10.6 Å². The summed E-state index contributed by atoms with van der Waals surface area (Å²) in [6.45, 7) is 4.38. The molecule has 0 aliphatic rings. The summed E-state index contributed by atoms with van der Waals surface area (Å²) in [7, 11) is 0. The van der Waals surface area contributed by atoms with Gasteiger partial charge in [-0.05, 0) is 13.3 Å². The summed E-state index contributed by atoms with van der Waals surface area (Å²) in [5.41, 5.74) is 0.520. The Morgan fingerprint density at radius 1 is 1.41 bits per heavy atom. The maximum absolute atomic E-state index is 10.8. The molecule has 17 heavy (non-hydrogen) atoms. The Morgan fingerprint density at radius 2 is 2.12 bits per heavy atom. The number of carbonyl (C=O) groups is 2. The van der Waals surface area contributed by atoms with Gasteiger partial charge in [-0.1, -0.05) is 11.3 Å². The standard InChI is InChI=1S/C10H15N3O3S/c1-6-8(9(15)16)17-10(13-6)12-5-3-4-11-7(2)14/h3-5H2,1-2H3,(H,11,14)(H,12,13)(H,15,16). The fraction of sp³-hybridized carbons (Fsp3) is 0.500. The van der Waals surface area contributed by atoms with Gasteiger partial charge in [0.15, 0.2) is 5.13 Å². The van der Waals surface area contributed by atoms with E-state index in [9.17, 15) is 9.59 Å². The van der Waals surface area contributed by atoms with Gasteiger partial charge in [0.25, 0.3) is 0 Å². The molecular weight excluding hydrogens is 242 g/mol. The number of anilines is 1. The first-order valence-corrected chi connectivity index (χ1v) is 6.01. The molecule has 6 nitrogen and oxygen atoms in total. The molecule has 1 heterocycles. The van der Waals surface area contributed by atoms with E-state index in [1.165, 1.54) is 6.92 Å². The molecule has 0 bridgehead atoms. The van der Waals surface area contributed by atoms with Crippen molar-refractivity contribution in [2.75, 3.05) is 18.4 Å². The lowest BCUT2D eigenvalue weighted by molar-refractivity contribution is -0.118. The molecule has 0 unspecified atom stereocenters. The highest BCUT2D eigenvalue weighted by Gasteiger charge is 2.13. The lowest BCUT2D eigenvalue weighted by atomic mass is 10.4. The highest BCUT2D eigenvalue weighted by Crippen LogP contribution is 2.22. The number of hydrogen-bond acceptors (Lipinski definition) is 5. The minimum atomic E-state index is -0.953. The molecule has 7 heteroatoms. The Balaban J connectivity index is 2.35. The number of carboxylic acid groups (broad SMARTS) is 1. The van der Waals surface area contributed by atoms with Crippen LogP contribution >= 0.6 is 11.3 Å². The van der Waals surface area contributed by atoms with Gasteiger partial charge in [0.05, 0.1) is 5.69 Å². The van der Waals surface area contributed by atoms with Crippen LogP contribution in [0.15, 0.2) is 0 Å². The fourth-order valence-electron chi connectivity index (χ4n) is 1.22. The van der Waals surface area contributed by atoms with E-state index in [1.807, 2.05) is 0 Å². The smallest absolute Gasteiger partial charge is 0.347 e. The van der Waals surface area contributed by atoms with Gasteiger partial charge < -0.3 is 15.7 Å². The van der Waals surface area contributed by atoms with Crippen molar-refractivity contribution >= 4 is 28.3 Å². The number of aromatic carboxylic acids is 1. The molecule has 0 fully saturated rings. The van der Waals surface area contributed by atoms with E-state index in [0.29, 0.717) is 23.9 Å². The van der Waals surface area contributed by atoms with Crippen molar-refractivity contribution in [3.63, 3.8) is 0 Å². The molecule has 0 aliphatic carbocycles. The predicted molar refractivity (Wildman–Crippen MR) is 65.6 cm³/mol. The molecule has 0 spiro atoms. The Morgan fingerprint density at radius 3 is 2.65 bits per heavy atom. The third-order valence-electron chi connectivity index (χ3n) is 1.99. The van der Waals surface area contributed by atoms with Crippen LogP contribution in [0, 0.1) is 6.92 Å². The number of carboxylic acids is 1. The minimum Gasteiger partial charge on any atom is -0.477 e. The second-order valence-electron chi connectivity index (χ2n) is 3.50. The van der Waals surface area contributed by atoms with Crippen LogP contribution in [0.1, 0.15) is 28.7 Å². The van der Waals surface area contributed by atoms with Crippen LogP contribution < -0.4 is 10.6 Å². The van der Waals surface area contributed by atoms with Gasteiger partial charge in [-0.3, -0.25) is 4.79 Å². The molecular formula is C10H15N3O3S. The zero-order chi connectivity index (χ0) is 12.8. The number of aromatic nitrogens is 1. The average Bonchev–Trinajstić information content (AvgIpc) is 2.59. The first-order valence-electron chi connectivity index (χ1n) is 5.19. The largest absolute Gasteiger partial charge is 0.477 e. The number of aryl methyl sites for hydroxylation is 1. The molecule has 0 saturated heterocycles. The van der Waals surface area contributed by atoms with Crippen molar-refractivity contribution in [2.24, 2.45) is 0 Å². The molecule has 0 atom stereocenters. The van der Waals surface area contributed by atoms with E-state index in [2.05, 4.69) is 15.6 Å². The first kappa shape index (κ1) is 13.4. The molecule has 1 rings (SSSR count). The number of rotatable bonds is 6. The quantitative estimate of drug-likeness (QED) is 0.663. The molecule has 0 radical (unpaired) electrons. The number of carbonyl (C=O) groups excluding carboxylic acids is 1. The first-order chi connectivity index (χ1) is 8.00. The number of amides is 1. The van der Waals surface area contributed by atoms with Crippen molar-refractivity contribution in [1.29, 1.82) is 0 Å². The van der Waals surface area contributed by atoms with E-state index in [1.54, 1.807) is 6.92 Å². The predicted octanol–water partition coefficient (Wildman–Crippen LogP) is 1.09. The summed E-state index contributed by atoms with van der Waals surface area (Å²) in [5.74, 6) is -1.01. The van der Waals surface area contributed by atoms with Crippen LogP contribution in [0.3, 0.4) is 0 Å². The summed E-state index contributed by atoms with van der Waals surface area (Å²) < 4.78 is 0. The third-order valence-corrected chi connectivity index (χ3v) is 3.10. The SMILES string of the molecule is CC(=O)NCCCNc1nc(C)c(C(=O)O)s1.